The summed E-state index contributed by atoms with van der Waals surface area (Å²) in [5.74, 6) is -0.955. The van der Waals surface area contributed by atoms with E-state index >= 15 is 0 Å². The van der Waals surface area contributed by atoms with Crippen molar-refractivity contribution in [2.45, 2.75) is 0 Å². The van der Waals surface area contributed by atoms with Gasteiger partial charge in [0.25, 0.3) is 0 Å². The Labute approximate surface area is 109 Å². The number of aromatic nitrogens is 2. The van der Waals surface area contributed by atoms with Crippen molar-refractivity contribution in [1.82, 2.24) is 9.97 Å². The average molecular weight is 250 g/mol. The van der Waals surface area contributed by atoms with Gasteiger partial charge in [0.05, 0.1) is 5.56 Å². The van der Waals surface area contributed by atoms with Gasteiger partial charge >= 0.3 is 5.97 Å². The summed E-state index contributed by atoms with van der Waals surface area (Å²) in [6.07, 6.45) is 6.52. The van der Waals surface area contributed by atoms with E-state index in [1.54, 1.807) is 18.6 Å². The van der Waals surface area contributed by atoms with Crippen molar-refractivity contribution < 1.29 is 9.90 Å². The normalized spacial score (nSPS) is 10.5. The van der Waals surface area contributed by atoms with Crippen molar-refractivity contribution in [2.75, 3.05) is 0 Å². The monoisotopic (exact) mass is 250 g/mol. The highest BCUT2D eigenvalue weighted by Gasteiger charge is 2.13. The topological polar surface area (TPSA) is 63.1 Å². The number of hydrogen-bond acceptors (Lipinski definition) is 3. The molecule has 0 amide bonds. The standard InChI is InChI=1S/C15H10N2O2/c18-15(19)13-5-7-17-9-14(13)12-3-1-2-10-8-16-6-4-11(10)12/h1-9H,(H,18,19). The fourth-order valence-corrected chi connectivity index (χ4v) is 2.15. The molecule has 0 aliphatic carbocycles. The van der Waals surface area contributed by atoms with Gasteiger partial charge in [-0.15, -0.1) is 0 Å². The molecule has 2 aromatic heterocycles. The van der Waals surface area contributed by atoms with E-state index in [1.807, 2.05) is 24.3 Å². The van der Waals surface area contributed by atoms with Crippen molar-refractivity contribution in [3.8, 4) is 11.1 Å². The van der Waals surface area contributed by atoms with Crippen LogP contribution < -0.4 is 0 Å². The molecule has 4 nitrogen and oxygen atoms in total. The number of carboxylic acid groups (broad SMARTS) is 1. The molecular formula is C15H10N2O2. The van der Waals surface area contributed by atoms with E-state index in [0.717, 1.165) is 16.3 Å². The molecule has 0 spiro atoms. The van der Waals surface area contributed by atoms with Crippen LogP contribution >= 0.6 is 0 Å². The largest absolute Gasteiger partial charge is 0.478 e. The maximum Gasteiger partial charge on any atom is 0.336 e. The Morgan fingerprint density at radius 1 is 0.947 bits per heavy atom. The second kappa shape index (κ2) is 4.49. The van der Waals surface area contributed by atoms with Crippen LogP contribution in [0.25, 0.3) is 21.9 Å². The Bertz CT molecular complexity index is 763. The van der Waals surface area contributed by atoms with Crippen molar-refractivity contribution in [2.24, 2.45) is 0 Å². The number of pyridine rings is 2. The second-order valence-corrected chi connectivity index (χ2v) is 4.13. The van der Waals surface area contributed by atoms with Gasteiger partial charge in [0, 0.05) is 35.7 Å². The molecule has 3 aromatic rings. The minimum atomic E-state index is -0.955. The minimum absolute atomic E-state index is 0.249. The molecule has 2 heterocycles. The van der Waals surface area contributed by atoms with Gasteiger partial charge < -0.3 is 5.11 Å². The van der Waals surface area contributed by atoms with Crippen LogP contribution in [0.4, 0.5) is 0 Å². The molecule has 19 heavy (non-hydrogen) atoms. The predicted molar refractivity (Wildman–Crippen MR) is 71.9 cm³/mol. The number of nitrogens with zero attached hydrogens (tertiary/aromatic N) is 2. The number of carbonyl (C=O) groups is 1. The Balaban J connectivity index is 2.34. The first-order chi connectivity index (χ1) is 9.27. The summed E-state index contributed by atoms with van der Waals surface area (Å²) in [7, 11) is 0. The van der Waals surface area contributed by atoms with Gasteiger partial charge in [0.15, 0.2) is 0 Å². The Morgan fingerprint density at radius 2 is 1.74 bits per heavy atom. The lowest BCUT2D eigenvalue weighted by molar-refractivity contribution is 0.0697. The maximum atomic E-state index is 11.3. The van der Waals surface area contributed by atoms with E-state index in [0.29, 0.717) is 5.56 Å². The fourth-order valence-electron chi connectivity index (χ4n) is 2.15. The van der Waals surface area contributed by atoms with Gasteiger partial charge in [-0.25, -0.2) is 4.79 Å². The molecule has 1 aromatic carbocycles. The van der Waals surface area contributed by atoms with Gasteiger partial charge in [0.2, 0.25) is 0 Å². The van der Waals surface area contributed by atoms with E-state index in [4.69, 9.17) is 0 Å². The molecule has 0 fully saturated rings. The predicted octanol–water partition coefficient (Wildman–Crippen LogP) is 3.00. The zero-order valence-electron chi connectivity index (χ0n) is 9.95. The highest BCUT2D eigenvalue weighted by molar-refractivity contribution is 6.03. The summed E-state index contributed by atoms with van der Waals surface area (Å²) >= 11 is 0. The molecule has 1 N–H and O–H groups in total. The van der Waals surface area contributed by atoms with Crippen molar-refractivity contribution in [1.29, 1.82) is 0 Å². The summed E-state index contributed by atoms with van der Waals surface area (Å²) in [6.45, 7) is 0. The molecule has 0 saturated carbocycles. The van der Waals surface area contributed by atoms with E-state index < -0.39 is 5.97 Å². The van der Waals surface area contributed by atoms with Crippen molar-refractivity contribution in [3.63, 3.8) is 0 Å². The quantitative estimate of drug-likeness (QED) is 0.759. The Kier molecular flexibility index (Phi) is 2.68. The van der Waals surface area contributed by atoms with E-state index in [1.165, 1.54) is 12.3 Å². The van der Waals surface area contributed by atoms with Crippen LogP contribution in [0.15, 0.2) is 55.1 Å². The van der Waals surface area contributed by atoms with Gasteiger partial charge in [-0.2, -0.15) is 0 Å². The number of fused-ring (bicyclic) bond motifs is 1. The number of rotatable bonds is 2. The lowest BCUT2D eigenvalue weighted by atomic mass is 9.97. The van der Waals surface area contributed by atoms with Crippen molar-refractivity contribution in [3.05, 3.63) is 60.7 Å². The number of carboxylic acids is 1. The third-order valence-corrected chi connectivity index (χ3v) is 3.02. The molecule has 92 valence electrons. The third kappa shape index (κ3) is 1.93. The molecule has 0 saturated heterocycles. The van der Waals surface area contributed by atoms with Crippen LogP contribution in [0, 0.1) is 0 Å². The average Bonchev–Trinajstić information content (AvgIpc) is 2.46. The molecule has 3 rings (SSSR count). The molecule has 0 unspecified atom stereocenters. The second-order valence-electron chi connectivity index (χ2n) is 4.13. The van der Waals surface area contributed by atoms with Crippen LogP contribution in [0.1, 0.15) is 10.4 Å². The van der Waals surface area contributed by atoms with Gasteiger partial charge in [0.1, 0.15) is 0 Å². The van der Waals surface area contributed by atoms with Crippen LogP contribution in [-0.2, 0) is 0 Å². The van der Waals surface area contributed by atoms with Gasteiger partial charge in [-0.3, -0.25) is 9.97 Å². The highest BCUT2D eigenvalue weighted by atomic mass is 16.4. The van der Waals surface area contributed by atoms with E-state index in [9.17, 15) is 9.90 Å². The lowest BCUT2D eigenvalue weighted by Gasteiger charge is -2.08. The first kappa shape index (κ1) is 11.3. The number of benzene rings is 1. The smallest absolute Gasteiger partial charge is 0.336 e. The van der Waals surface area contributed by atoms with Gasteiger partial charge in [-0.1, -0.05) is 18.2 Å². The maximum absolute atomic E-state index is 11.3. The third-order valence-electron chi connectivity index (χ3n) is 3.02. The van der Waals surface area contributed by atoms with Gasteiger partial charge in [-0.05, 0) is 23.1 Å². The summed E-state index contributed by atoms with van der Waals surface area (Å²) in [6, 6.07) is 9.12. The Morgan fingerprint density at radius 3 is 2.58 bits per heavy atom. The summed E-state index contributed by atoms with van der Waals surface area (Å²) in [5.41, 5.74) is 1.72. The summed E-state index contributed by atoms with van der Waals surface area (Å²) in [4.78, 5) is 19.4. The fraction of sp³-hybridized carbons (Fsp3) is 0. The number of aromatic carboxylic acids is 1. The molecule has 0 aliphatic heterocycles. The molecule has 0 atom stereocenters. The van der Waals surface area contributed by atoms with Crippen LogP contribution in [-0.4, -0.2) is 21.0 Å². The first-order valence-corrected chi connectivity index (χ1v) is 5.78. The first-order valence-electron chi connectivity index (χ1n) is 5.78. The molecule has 0 radical (unpaired) electrons. The molecular weight excluding hydrogens is 240 g/mol. The lowest BCUT2D eigenvalue weighted by Crippen LogP contribution is -2.00. The molecule has 0 bridgehead atoms. The summed E-state index contributed by atoms with van der Waals surface area (Å²) in [5, 5.41) is 11.2. The minimum Gasteiger partial charge on any atom is -0.478 e. The zero-order chi connectivity index (χ0) is 13.2. The highest BCUT2D eigenvalue weighted by Crippen LogP contribution is 2.29. The van der Waals surface area contributed by atoms with Crippen molar-refractivity contribution >= 4 is 16.7 Å². The summed E-state index contributed by atoms with van der Waals surface area (Å²) < 4.78 is 0. The van der Waals surface area contributed by atoms with E-state index in [-0.39, 0.29) is 5.56 Å². The SMILES string of the molecule is O=C(O)c1ccncc1-c1cccc2cnccc12. The Hall–Kier alpha value is -2.75. The van der Waals surface area contributed by atoms with Crippen LogP contribution in [0.3, 0.4) is 0 Å². The number of hydrogen-bond donors (Lipinski definition) is 1. The van der Waals surface area contributed by atoms with Crippen LogP contribution in [0.2, 0.25) is 0 Å². The molecule has 0 aliphatic rings. The molecule has 4 heteroatoms. The zero-order valence-corrected chi connectivity index (χ0v) is 9.95. The van der Waals surface area contributed by atoms with E-state index in [2.05, 4.69) is 9.97 Å². The van der Waals surface area contributed by atoms with Crippen LogP contribution in [0.5, 0.6) is 0 Å².